The average Bonchev–Trinajstić information content (AvgIpc) is 3.58. The molecule has 0 saturated carbocycles. The summed E-state index contributed by atoms with van der Waals surface area (Å²) >= 11 is 0. The number of hydrogen-bond donors (Lipinski definition) is 4. The molecule has 2 saturated heterocycles. The molecule has 0 spiro atoms. The van der Waals surface area contributed by atoms with E-state index in [0.29, 0.717) is 17.7 Å². The van der Waals surface area contributed by atoms with Crippen LogP contribution in [0, 0.1) is 0 Å². The molecular formula is C22H28N7O7P. The molecule has 198 valence electrons. The number of urea groups is 1. The Kier molecular flexibility index (Phi) is 7.49. The van der Waals surface area contributed by atoms with Crippen LogP contribution in [0.4, 0.5) is 10.6 Å². The van der Waals surface area contributed by atoms with Gasteiger partial charge in [-0.1, -0.05) is 30.3 Å². The maximum absolute atomic E-state index is 12.3. The first-order valence-electron chi connectivity index (χ1n) is 11.8. The Morgan fingerprint density at radius 1 is 1.19 bits per heavy atom. The lowest BCUT2D eigenvalue weighted by Gasteiger charge is -2.22. The molecule has 37 heavy (non-hydrogen) atoms. The quantitative estimate of drug-likeness (QED) is 0.292. The van der Waals surface area contributed by atoms with Crippen LogP contribution in [0.2, 0.25) is 0 Å². The van der Waals surface area contributed by atoms with Crippen molar-refractivity contribution in [2.45, 2.75) is 37.8 Å². The molecule has 2 aliphatic rings. The molecule has 6 atom stereocenters. The van der Waals surface area contributed by atoms with Crippen LogP contribution in [-0.4, -0.2) is 74.6 Å². The number of amides is 2. The second-order valence-corrected chi connectivity index (χ2v) is 10.5. The van der Waals surface area contributed by atoms with Gasteiger partial charge in [0.05, 0.1) is 19.1 Å². The van der Waals surface area contributed by atoms with E-state index in [4.69, 9.17) is 24.5 Å². The minimum absolute atomic E-state index is 0.0110. The molecule has 5 N–H and O–H groups in total. The summed E-state index contributed by atoms with van der Waals surface area (Å²) in [7, 11) is -3.89. The minimum Gasteiger partial charge on any atom is -0.347 e. The molecule has 1 aromatic carbocycles. The average molecular weight is 533 g/mol. The Morgan fingerprint density at radius 2 is 1.97 bits per heavy atom. The summed E-state index contributed by atoms with van der Waals surface area (Å²) in [4.78, 5) is 34.9. The van der Waals surface area contributed by atoms with Gasteiger partial charge in [-0.05, 0) is 6.92 Å². The number of aromatic nitrogens is 4. The van der Waals surface area contributed by atoms with Crippen molar-refractivity contribution in [1.29, 1.82) is 0 Å². The van der Waals surface area contributed by atoms with E-state index in [1.165, 1.54) is 12.7 Å². The Hall–Kier alpha value is -2.97. The second kappa shape index (κ2) is 10.8. The summed E-state index contributed by atoms with van der Waals surface area (Å²) in [5.41, 5.74) is 7.00. The van der Waals surface area contributed by atoms with E-state index in [0.717, 1.165) is 5.56 Å². The van der Waals surface area contributed by atoms with Gasteiger partial charge in [0.25, 0.3) is 0 Å². The molecule has 3 aromatic rings. The molecule has 4 heterocycles. The molecule has 2 aromatic heterocycles. The standard InChI is InChI=1S/C22H28N7O7P/c1-2-24-22(30)28-18-15-19(26-11-25-18)29(12-27-15)20-17-16(14(34-20)10-33-37(31,32)9-8-23)35-21(36-17)13-6-4-3-5-7-13/h3-7,11-12,14,16-17,20-21H,2,8-10,23H2,1H3,(H,31,32)(H2,24,25,26,28,30)/t14-,16?,17+,20-,21-/m1/s1. The number of hydrogen-bond acceptors (Lipinski definition) is 10. The summed E-state index contributed by atoms with van der Waals surface area (Å²) in [5.74, 6) is 0.234. The van der Waals surface area contributed by atoms with Crippen molar-refractivity contribution in [1.82, 2.24) is 24.8 Å². The van der Waals surface area contributed by atoms with Gasteiger partial charge in [0.15, 0.2) is 29.5 Å². The summed E-state index contributed by atoms with van der Waals surface area (Å²) in [6.07, 6.45) is -0.730. The topological polar surface area (TPSA) is 185 Å². The van der Waals surface area contributed by atoms with Gasteiger partial charge in [-0.15, -0.1) is 0 Å². The Balaban J connectivity index is 1.43. The third-order valence-electron chi connectivity index (χ3n) is 5.97. The van der Waals surface area contributed by atoms with Crippen molar-refractivity contribution in [3.63, 3.8) is 0 Å². The molecule has 2 aliphatic heterocycles. The Bertz CT molecular complexity index is 1290. The van der Waals surface area contributed by atoms with E-state index in [9.17, 15) is 14.3 Å². The van der Waals surface area contributed by atoms with Gasteiger partial charge in [0.2, 0.25) is 0 Å². The van der Waals surface area contributed by atoms with Crippen LogP contribution in [0.5, 0.6) is 0 Å². The first-order chi connectivity index (χ1) is 17.9. The lowest BCUT2D eigenvalue weighted by Crippen LogP contribution is -2.31. The monoisotopic (exact) mass is 533 g/mol. The SMILES string of the molecule is CCNC(=O)Nc1ncnc2c1ncn2[C@@H]1O[C@H](COP(=O)(O)CCN)C2O[C@@H](c3ccccc3)O[C@@H]21. The summed E-state index contributed by atoms with van der Waals surface area (Å²) in [6, 6.07) is 8.99. The highest BCUT2D eigenvalue weighted by atomic mass is 31.2. The van der Waals surface area contributed by atoms with E-state index < -0.39 is 44.5 Å². The summed E-state index contributed by atoms with van der Waals surface area (Å²) in [6.45, 7) is 2.05. The predicted octanol–water partition coefficient (Wildman–Crippen LogP) is 1.51. The van der Waals surface area contributed by atoms with E-state index in [2.05, 4.69) is 25.6 Å². The van der Waals surface area contributed by atoms with Crippen LogP contribution in [0.25, 0.3) is 11.2 Å². The van der Waals surface area contributed by atoms with Gasteiger partial charge in [-0.3, -0.25) is 14.4 Å². The van der Waals surface area contributed by atoms with Gasteiger partial charge >= 0.3 is 13.6 Å². The van der Waals surface area contributed by atoms with Crippen molar-refractivity contribution in [3.8, 4) is 0 Å². The molecule has 14 nitrogen and oxygen atoms in total. The lowest BCUT2D eigenvalue weighted by atomic mass is 10.1. The molecule has 5 rings (SSSR count). The zero-order chi connectivity index (χ0) is 26.0. The van der Waals surface area contributed by atoms with Gasteiger partial charge < -0.3 is 34.7 Å². The fraction of sp³-hybridized carbons (Fsp3) is 0.455. The molecule has 0 aliphatic carbocycles. The van der Waals surface area contributed by atoms with E-state index in [1.54, 1.807) is 11.5 Å². The molecular weight excluding hydrogens is 505 g/mol. The van der Waals surface area contributed by atoms with Gasteiger partial charge in [-0.2, -0.15) is 0 Å². The van der Waals surface area contributed by atoms with Crippen LogP contribution < -0.4 is 16.4 Å². The smallest absolute Gasteiger partial charge is 0.329 e. The number of fused-ring (bicyclic) bond motifs is 2. The summed E-state index contributed by atoms with van der Waals surface area (Å²) in [5, 5.41) is 5.30. The third kappa shape index (κ3) is 5.36. The Labute approximate surface area is 212 Å². The zero-order valence-corrected chi connectivity index (χ0v) is 20.9. The highest BCUT2D eigenvalue weighted by Crippen LogP contribution is 2.47. The number of nitrogens with zero attached hydrogens (tertiary/aromatic N) is 4. The Morgan fingerprint density at radius 3 is 2.73 bits per heavy atom. The van der Waals surface area contributed by atoms with Crippen LogP contribution in [-0.2, 0) is 23.3 Å². The van der Waals surface area contributed by atoms with Crippen LogP contribution in [0.1, 0.15) is 25.0 Å². The number of carbonyl (C=O) groups is 1. The number of nitrogens with two attached hydrogens (primary N) is 1. The minimum atomic E-state index is -3.89. The van der Waals surface area contributed by atoms with Crippen molar-refractivity contribution >= 4 is 30.6 Å². The van der Waals surface area contributed by atoms with Crippen molar-refractivity contribution in [2.24, 2.45) is 5.73 Å². The van der Waals surface area contributed by atoms with Crippen molar-refractivity contribution < 1.29 is 33.0 Å². The summed E-state index contributed by atoms with van der Waals surface area (Å²) < 4.78 is 37.9. The maximum atomic E-state index is 12.3. The van der Waals surface area contributed by atoms with E-state index in [-0.39, 0.29) is 25.1 Å². The van der Waals surface area contributed by atoms with Gasteiger partial charge in [-0.25, -0.2) is 19.7 Å². The first-order valence-corrected chi connectivity index (χ1v) is 13.6. The number of ether oxygens (including phenoxy) is 3. The second-order valence-electron chi connectivity index (χ2n) is 8.49. The number of benzene rings is 1. The fourth-order valence-corrected chi connectivity index (χ4v) is 5.16. The molecule has 15 heteroatoms. The molecule has 2 amide bonds. The lowest BCUT2D eigenvalue weighted by molar-refractivity contribution is -0.152. The number of carbonyl (C=O) groups excluding carboxylic acids is 1. The fourth-order valence-electron chi connectivity index (χ4n) is 4.32. The number of imidazole rings is 1. The third-order valence-corrected chi connectivity index (χ3v) is 7.35. The maximum Gasteiger partial charge on any atom is 0.329 e. The number of nitrogens with one attached hydrogen (secondary N) is 2. The van der Waals surface area contributed by atoms with Crippen LogP contribution in [0.15, 0.2) is 43.0 Å². The van der Waals surface area contributed by atoms with E-state index in [1.807, 2.05) is 30.3 Å². The molecule has 2 unspecified atom stereocenters. The predicted molar refractivity (Wildman–Crippen MR) is 131 cm³/mol. The van der Waals surface area contributed by atoms with Crippen molar-refractivity contribution in [2.75, 3.05) is 31.2 Å². The largest absolute Gasteiger partial charge is 0.347 e. The number of anilines is 1. The van der Waals surface area contributed by atoms with Crippen LogP contribution >= 0.6 is 7.60 Å². The first kappa shape index (κ1) is 25.7. The molecule has 2 fully saturated rings. The van der Waals surface area contributed by atoms with Crippen LogP contribution in [0.3, 0.4) is 0 Å². The van der Waals surface area contributed by atoms with Gasteiger partial charge in [0.1, 0.15) is 24.6 Å². The highest BCUT2D eigenvalue weighted by molar-refractivity contribution is 7.52. The van der Waals surface area contributed by atoms with E-state index >= 15 is 0 Å². The number of rotatable bonds is 9. The molecule has 0 bridgehead atoms. The van der Waals surface area contributed by atoms with Gasteiger partial charge in [0, 0.05) is 18.7 Å². The normalized spacial score (nSPS) is 26.6. The molecule has 0 radical (unpaired) electrons. The van der Waals surface area contributed by atoms with Crippen molar-refractivity contribution in [3.05, 3.63) is 48.5 Å². The highest BCUT2D eigenvalue weighted by Gasteiger charge is 2.54. The zero-order valence-electron chi connectivity index (χ0n) is 20.0.